The molecule has 2 aliphatic heterocycles. The van der Waals surface area contributed by atoms with Gasteiger partial charge in [-0.25, -0.2) is 0 Å². The number of carboxylic acid groups (broad SMARTS) is 1. The van der Waals surface area contributed by atoms with Gasteiger partial charge in [0.1, 0.15) is 0 Å². The topological polar surface area (TPSA) is 43.8 Å². The van der Waals surface area contributed by atoms with Gasteiger partial charge in [-0.05, 0) is 45.9 Å². The number of hydrogen-bond donors (Lipinski definition) is 1. The Hall–Kier alpha value is -0.610. The van der Waals surface area contributed by atoms with E-state index in [9.17, 15) is 4.79 Å². The molecule has 0 aromatic heterocycles. The van der Waals surface area contributed by atoms with Crippen molar-refractivity contribution in [3.05, 3.63) is 0 Å². The van der Waals surface area contributed by atoms with Crippen LogP contribution in [-0.2, 0) is 4.79 Å². The van der Waals surface area contributed by atoms with Crippen LogP contribution in [0.2, 0.25) is 0 Å². The lowest BCUT2D eigenvalue weighted by Gasteiger charge is -2.34. The fraction of sp³-hybridized carbons (Fsp3) is 0.909. The highest BCUT2D eigenvalue weighted by Crippen LogP contribution is 2.22. The van der Waals surface area contributed by atoms with Crippen molar-refractivity contribution >= 4 is 5.97 Å². The molecule has 0 bridgehead atoms. The van der Waals surface area contributed by atoms with Crippen LogP contribution in [0.15, 0.2) is 0 Å². The summed E-state index contributed by atoms with van der Waals surface area (Å²) in [5.41, 5.74) is 0. The van der Waals surface area contributed by atoms with E-state index in [1.807, 2.05) is 0 Å². The number of aliphatic carboxylic acids is 1. The molecule has 0 saturated carbocycles. The van der Waals surface area contributed by atoms with Gasteiger partial charge in [-0.2, -0.15) is 0 Å². The van der Waals surface area contributed by atoms with Crippen molar-refractivity contribution in [1.29, 1.82) is 0 Å². The Morgan fingerprint density at radius 2 is 1.87 bits per heavy atom. The molecule has 0 aromatic rings. The van der Waals surface area contributed by atoms with Crippen LogP contribution in [0, 0.1) is 5.92 Å². The second-order valence-corrected chi connectivity index (χ2v) is 4.85. The molecule has 86 valence electrons. The van der Waals surface area contributed by atoms with E-state index in [0.717, 1.165) is 32.5 Å². The molecule has 15 heavy (non-hydrogen) atoms. The maximum absolute atomic E-state index is 10.8. The molecular weight excluding hydrogens is 192 g/mol. The van der Waals surface area contributed by atoms with Gasteiger partial charge in [-0.3, -0.25) is 9.69 Å². The average Bonchev–Trinajstić information content (AvgIpc) is 2.65. The molecule has 4 heteroatoms. The molecule has 0 aliphatic carbocycles. The molecule has 0 spiro atoms. The van der Waals surface area contributed by atoms with Crippen molar-refractivity contribution in [3.8, 4) is 0 Å². The lowest BCUT2D eigenvalue weighted by atomic mass is 9.96. The summed E-state index contributed by atoms with van der Waals surface area (Å²) in [6.45, 7) is 4.27. The van der Waals surface area contributed by atoms with Gasteiger partial charge in [0, 0.05) is 12.6 Å². The molecule has 2 rings (SSSR count). The summed E-state index contributed by atoms with van der Waals surface area (Å²) in [5.74, 6) is -0.710. The van der Waals surface area contributed by atoms with E-state index in [1.54, 1.807) is 0 Å². The Labute approximate surface area is 90.9 Å². The van der Waals surface area contributed by atoms with E-state index in [2.05, 4.69) is 16.8 Å². The summed E-state index contributed by atoms with van der Waals surface area (Å²) in [5, 5.41) is 8.91. The number of piperidine rings is 1. The van der Waals surface area contributed by atoms with E-state index < -0.39 is 5.97 Å². The predicted octanol–water partition coefficient (Wildman–Crippen LogP) is 0.487. The average molecular weight is 212 g/mol. The second kappa shape index (κ2) is 4.49. The van der Waals surface area contributed by atoms with Gasteiger partial charge < -0.3 is 10.0 Å². The smallest absolute Gasteiger partial charge is 0.306 e. The standard InChI is InChI=1S/C11H20N2O2/c1-12-5-4-10(8-12)13-6-2-9(3-7-13)11(14)15/h9-10H,2-8H2,1H3,(H,14,15). The zero-order valence-corrected chi connectivity index (χ0v) is 9.35. The zero-order chi connectivity index (χ0) is 10.8. The molecule has 4 nitrogen and oxygen atoms in total. The van der Waals surface area contributed by atoms with Gasteiger partial charge in [0.05, 0.1) is 5.92 Å². The number of carbonyl (C=O) groups is 1. The fourth-order valence-electron chi connectivity index (χ4n) is 2.72. The third-order valence-corrected chi connectivity index (χ3v) is 3.76. The molecule has 1 atom stereocenters. The Kier molecular flexibility index (Phi) is 3.26. The molecule has 0 amide bonds. The van der Waals surface area contributed by atoms with E-state index in [0.29, 0.717) is 6.04 Å². The Morgan fingerprint density at radius 3 is 2.33 bits per heavy atom. The zero-order valence-electron chi connectivity index (χ0n) is 9.35. The molecular formula is C11H20N2O2. The summed E-state index contributed by atoms with van der Waals surface area (Å²) in [6, 6.07) is 0.671. The van der Waals surface area contributed by atoms with Crippen molar-refractivity contribution in [2.24, 2.45) is 5.92 Å². The first-order valence-corrected chi connectivity index (χ1v) is 5.82. The molecule has 0 radical (unpaired) electrons. The highest BCUT2D eigenvalue weighted by Gasteiger charge is 2.31. The first kappa shape index (κ1) is 10.9. The monoisotopic (exact) mass is 212 g/mol. The van der Waals surface area contributed by atoms with Gasteiger partial charge in [0.25, 0.3) is 0 Å². The maximum Gasteiger partial charge on any atom is 0.306 e. The number of likely N-dealkylation sites (N-methyl/N-ethyl adjacent to an activating group) is 1. The third kappa shape index (κ3) is 2.49. The van der Waals surface area contributed by atoms with Crippen LogP contribution in [0.4, 0.5) is 0 Å². The number of nitrogens with zero attached hydrogens (tertiary/aromatic N) is 2. The molecule has 0 aromatic carbocycles. The summed E-state index contributed by atoms with van der Waals surface area (Å²) < 4.78 is 0. The van der Waals surface area contributed by atoms with E-state index in [1.165, 1.54) is 13.0 Å². The van der Waals surface area contributed by atoms with E-state index in [-0.39, 0.29) is 5.92 Å². The molecule has 2 saturated heterocycles. The van der Waals surface area contributed by atoms with Crippen molar-refractivity contribution < 1.29 is 9.90 Å². The van der Waals surface area contributed by atoms with Crippen molar-refractivity contribution in [2.45, 2.75) is 25.3 Å². The number of hydrogen-bond acceptors (Lipinski definition) is 3. The first-order valence-electron chi connectivity index (χ1n) is 5.82. The second-order valence-electron chi connectivity index (χ2n) is 4.85. The number of rotatable bonds is 2. The quantitative estimate of drug-likeness (QED) is 0.723. The van der Waals surface area contributed by atoms with Crippen molar-refractivity contribution in [3.63, 3.8) is 0 Å². The van der Waals surface area contributed by atoms with Gasteiger partial charge in [-0.15, -0.1) is 0 Å². The van der Waals surface area contributed by atoms with Crippen LogP contribution in [0.25, 0.3) is 0 Å². The predicted molar refractivity (Wildman–Crippen MR) is 57.8 cm³/mol. The summed E-state index contributed by atoms with van der Waals surface area (Å²) >= 11 is 0. The van der Waals surface area contributed by atoms with Crippen LogP contribution in [0.1, 0.15) is 19.3 Å². The van der Waals surface area contributed by atoms with Gasteiger partial charge in [0.15, 0.2) is 0 Å². The Bertz CT molecular complexity index is 237. The highest BCUT2D eigenvalue weighted by molar-refractivity contribution is 5.70. The SMILES string of the molecule is CN1CCC(N2CCC(C(=O)O)CC2)C1. The van der Waals surface area contributed by atoms with Gasteiger partial charge >= 0.3 is 5.97 Å². The molecule has 2 fully saturated rings. The summed E-state index contributed by atoms with van der Waals surface area (Å²) in [6.07, 6.45) is 2.90. The largest absolute Gasteiger partial charge is 0.481 e. The normalized spacial score (nSPS) is 30.9. The highest BCUT2D eigenvalue weighted by atomic mass is 16.4. The maximum atomic E-state index is 10.8. The molecule has 1 unspecified atom stereocenters. The summed E-state index contributed by atoms with van der Waals surface area (Å²) in [4.78, 5) is 15.6. The lowest BCUT2D eigenvalue weighted by Crippen LogP contribution is -2.43. The Morgan fingerprint density at radius 1 is 1.20 bits per heavy atom. The minimum absolute atomic E-state index is 0.0969. The van der Waals surface area contributed by atoms with E-state index >= 15 is 0 Å². The van der Waals surface area contributed by atoms with Crippen LogP contribution >= 0.6 is 0 Å². The molecule has 1 N–H and O–H groups in total. The van der Waals surface area contributed by atoms with E-state index in [4.69, 9.17) is 5.11 Å². The van der Waals surface area contributed by atoms with Crippen LogP contribution in [0.5, 0.6) is 0 Å². The number of carboxylic acids is 1. The van der Waals surface area contributed by atoms with Crippen LogP contribution in [-0.4, -0.2) is 60.1 Å². The van der Waals surface area contributed by atoms with Gasteiger partial charge in [-0.1, -0.05) is 0 Å². The van der Waals surface area contributed by atoms with Crippen LogP contribution in [0.3, 0.4) is 0 Å². The van der Waals surface area contributed by atoms with Crippen molar-refractivity contribution in [2.75, 3.05) is 33.2 Å². The Balaban J connectivity index is 1.80. The minimum atomic E-state index is -0.613. The lowest BCUT2D eigenvalue weighted by molar-refractivity contribution is -0.143. The minimum Gasteiger partial charge on any atom is -0.481 e. The fourth-order valence-corrected chi connectivity index (χ4v) is 2.72. The number of likely N-dealkylation sites (tertiary alicyclic amines) is 2. The molecule has 2 aliphatic rings. The van der Waals surface area contributed by atoms with Crippen molar-refractivity contribution in [1.82, 2.24) is 9.80 Å². The third-order valence-electron chi connectivity index (χ3n) is 3.76. The van der Waals surface area contributed by atoms with Crippen LogP contribution < -0.4 is 0 Å². The van der Waals surface area contributed by atoms with Gasteiger partial charge in [0.2, 0.25) is 0 Å². The first-order chi connectivity index (χ1) is 7.16. The summed E-state index contributed by atoms with van der Waals surface area (Å²) in [7, 11) is 2.16. The molecule has 2 heterocycles.